The molecule has 152 valence electrons. The van der Waals surface area contributed by atoms with Crippen molar-refractivity contribution in [2.45, 2.75) is 31.6 Å². The average Bonchev–Trinajstić information content (AvgIpc) is 3.20. The monoisotopic (exact) mass is 516 g/mol. The van der Waals surface area contributed by atoms with Crippen LogP contribution in [0.25, 0.3) is 0 Å². The lowest BCUT2D eigenvalue weighted by atomic mass is 10.2. The summed E-state index contributed by atoms with van der Waals surface area (Å²) in [5, 5.41) is 7.27. The maximum Gasteiger partial charge on any atom is 0.191 e. The van der Waals surface area contributed by atoms with Gasteiger partial charge in [-0.25, -0.2) is 9.38 Å². The number of hydrogen-bond donors (Lipinski definition) is 2. The maximum absolute atomic E-state index is 14.3. The fourth-order valence-corrected chi connectivity index (χ4v) is 3.99. The molecule has 8 heteroatoms. The number of benzene rings is 1. The Labute approximate surface area is 187 Å². The van der Waals surface area contributed by atoms with Crippen molar-refractivity contribution in [1.29, 1.82) is 0 Å². The van der Waals surface area contributed by atoms with Crippen LogP contribution in [0.15, 0.2) is 47.7 Å². The van der Waals surface area contributed by atoms with Crippen molar-refractivity contribution in [3.8, 4) is 11.5 Å². The number of nitrogens with zero attached hydrogens (tertiary/aromatic N) is 2. The molecule has 1 aliphatic rings. The van der Waals surface area contributed by atoms with Crippen LogP contribution in [0.1, 0.15) is 25.3 Å². The average molecular weight is 516 g/mol. The highest BCUT2D eigenvalue weighted by Crippen LogP contribution is 2.26. The molecule has 2 aromatic rings. The Kier molecular flexibility index (Phi) is 9.83. The van der Waals surface area contributed by atoms with Crippen molar-refractivity contribution >= 4 is 41.7 Å². The van der Waals surface area contributed by atoms with Crippen LogP contribution >= 0.6 is 35.7 Å². The quantitative estimate of drug-likeness (QED) is 0.321. The predicted molar refractivity (Wildman–Crippen MR) is 124 cm³/mol. The lowest BCUT2D eigenvalue weighted by Crippen LogP contribution is -2.40. The standard InChI is InChI=1S/C20H25FN4OS.HI/c1-2-23-20(25-14-17-6-4-10-27-17)24-12-15-7-8-19(18(21)11-15)26-16-5-3-9-22-13-16;/h3,5,7-9,11,13,17H,2,4,6,10,12,14H2,1H3,(H2,23,24,25);1H. The fourth-order valence-electron chi connectivity index (χ4n) is 2.79. The first-order valence-electron chi connectivity index (χ1n) is 9.24. The molecule has 0 saturated carbocycles. The van der Waals surface area contributed by atoms with Gasteiger partial charge in [0.1, 0.15) is 5.75 Å². The van der Waals surface area contributed by atoms with Gasteiger partial charge in [-0.1, -0.05) is 6.07 Å². The van der Waals surface area contributed by atoms with E-state index in [0.717, 1.165) is 24.6 Å². The molecule has 1 fully saturated rings. The third-order valence-corrected chi connectivity index (χ3v) is 5.54. The number of guanidine groups is 1. The number of pyridine rings is 1. The zero-order valence-electron chi connectivity index (χ0n) is 15.9. The molecule has 0 bridgehead atoms. The van der Waals surface area contributed by atoms with E-state index in [9.17, 15) is 4.39 Å². The van der Waals surface area contributed by atoms with Crippen molar-refractivity contribution in [3.63, 3.8) is 0 Å². The van der Waals surface area contributed by atoms with E-state index in [-0.39, 0.29) is 29.7 Å². The lowest BCUT2D eigenvalue weighted by Gasteiger charge is -2.14. The highest BCUT2D eigenvalue weighted by atomic mass is 127. The number of thioether (sulfide) groups is 1. The van der Waals surface area contributed by atoms with Gasteiger partial charge in [-0.3, -0.25) is 4.98 Å². The third kappa shape index (κ3) is 7.12. The number of nitrogens with one attached hydrogen (secondary N) is 2. The van der Waals surface area contributed by atoms with Gasteiger partial charge in [0.25, 0.3) is 0 Å². The second-order valence-electron chi connectivity index (χ2n) is 6.27. The summed E-state index contributed by atoms with van der Waals surface area (Å²) in [7, 11) is 0. The minimum Gasteiger partial charge on any atom is -0.453 e. The van der Waals surface area contributed by atoms with Crippen LogP contribution < -0.4 is 15.4 Å². The van der Waals surface area contributed by atoms with Crippen molar-refractivity contribution in [1.82, 2.24) is 15.6 Å². The Hall–Kier alpha value is -1.55. The van der Waals surface area contributed by atoms with E-state index in [1.807, 2.05) is 24.8 Å². The molecule has 0 amide bonds. The molecule has 0 aliphatic carbocycles. The molecular weight excluding hydrogens is 490 g/mol. The molecule has 1 aliphatic heterocycles. The molecular formula is C20H26FIN4OS. The molecule has 5 nitrogen and oxygen atoms in total. The van der Waals surface area contributed by atoms with E-state index in [2.05, 4.69) is 20.6 Å². The number of hydrogen-bond acceptors (Lipinski definition) is 4. The third-order valence-electron chi connectivity index (χ3n) is 4.14. The Bertz CT molecular complexity index is 757. The highest BCUT2D eigenvalue weighted by Gasteiger charge is 2.15. The van der Waals surface area contributed by atoms with E-state index in [1.54, 1.807) is 30.6 Å². The Morgan fingerprint density at radius 1 is 1.36 bits per heavy atom. The first-order valence-corrected chi connectivity index (χ1v) is 10.3. The Morgan fingerprint density at radius 2 is 2.25 bits per heavy atom. The van der Waals surface area contributed by atoms with Crippen molar-refractivity contribution < 1.29 is 9.13 Å². The van der Waals surface area contributed by atoms with Gasteiger partial charge in [-0.05, 0) is 55.3 Å². The first-order chi connectivity index (χ1) is 13.2. The van der Waals surface area contributed by atoms with Crippen LogP contribution in [0.2, 0.25) is 0 Å². The van der Waals surface area contributed by atoms with Gasteiger partial charge in [0.05, 0.1) is 12.7 Å². The highest BCUT2D eigenvalue weighted by molar-refractivity contribution is 14.0. The minimum atomic E-state index is -0.410. The van der Waals surface area contributed by atoms with Crippen molar-refractivity contribution in [3.05, 3.63) is 54.1 Å². The number of ether oxygens (including phenoxy) is 1. The fraction of sp³-hybridized carbons (Fsp3) is 0.400. The molecule has 2 heterocycles. The zero-order valence-corrected chi connectivity index (χ0v) is 19.0. The summed E-state index contributed by atoms with van der Waals surface area (Å²) in [5.41, 5.74) is 0.790. The number of aromatic nitrogens is 1. The van der Waals surface area contributed by atoms with E-state index in [1.165, 1.54) is 24.7 Å². The number of aliphatic imine (C=N–C) groups is 1. The molecule has 1 aromatic carbocycles. The van der Waals surface area contributed by atoms with E-state index in [0.29, 0.717) is 17.5 Å². The van der Waals surface area contributed by atoms with E-state index >= 15 is 0 Å². The van der Waals surface area contributed by atoms with Gasteiger partial charge in [0.15, 0.2) is 17.5 Å². The van der Waals surface area contributed by atoms with Gasteiger partial charge in [0, 0.05) is 24.5 Å². The Morgan fingerprint density at radius 3 is 2.93 bits per heavy atom. The number of rotatable bonds is 7. The molecule has 3 rings (SSSR count). The summed E-state index contributed by atoms with van der Waals surface area (Å²) < 4.78 is 19.9. The molecule has 1 saturated heterocycles. The number of halogens is 2. The summed E-state index contributed by atoms with van der Waals surface area (Å²) >= 11 is 2.01. The summed E-state index contributed by atoms with van der Waals surface area (Å²) in [4.78, 5) is 8.53. The van der Waals surface area contributed by atoms with Gasteiger partial charge in [-0.2, -0.15) is 11.8 Å². The molecule has 2 N–H and O–H groups in total. The van der Waals surface area contributed by atoms with Gasteiger partial charge >= 0.3 is 0 Å². The largest absolute Gasteiger partial charge is 0.453 e. The lowest BCUT2D eigenvalue weighted by molar-refractivity contribution is 0.440. The van der Waals surface area contributed by atoms with E-state index < -0.39 is 5.82 Å². The zero-order chi connectivity index (χ0) is 18.9. The summed E-state index contributed by atoms with van der Waals surface area (Å²) in [6, 6.07) is 8.40. The van der Waals surface area contributed by atoms with Crippen molar-refractivity contribution in [2.75, 3.05) is 18.8 Å². The summed E-state index contributed by atoms with van der Waals surface area (Å²) in [6.45, 7) is 4.13. The van der Waals surface area contributed by atoms with Crippen molar-refractivity contribution in [2.24, 2.45) is 4.99 Å². The predicted octanol–water partition coefficient (Wildman–Crippen LogP) is 4.58. The molecule has 0 spiro atoms. The van der Waals surface area contributed by atoms with Crippen LogP contribution in [0, 0.1) is 5.82 Å². The van der Waals surface area contributed by atoms with Gasteiger partial charge < -0.3 is 15.4 Å². The second-order valence-corrected chi connectivity index (χ2v) is 7.67. The molecule has 1 atom stereocenters. The van der Waals surface area contributed by atoms with Crippen LogP contribution in [-0.4, -0.2) is 35.0 Å². The maximum atomic E-state index is 14.3. The minimum absolute atomic E-state index is 0. The van der Waals surface area contributed by atoms with Crippen LogP contribution in [0.5, 0.6) is 11.5 Å². The molecule has 1 unspecified atom stereocenters. The smallest absolute Gasteiger partial charge is 0.191 e. The van der Waals surface area contributed by atoms with Crippen LogP contribution in [0.4, 0.5) is 4.39 Å². The SMILES string of the molecule is CCNC(=NCc1ccc(Oc2cccnc2)c(F)c1)NCC1CCCS1.I. The van der Waals surface area contributed by atoms with Gasteiger partial charge in [0.2, 0.25) is 0 Å². The first kappa shape index (κ1) is 22.7. The van der Waals surface area contributed by atoms with Crippen LogP contribution in [-0.2, 0) is 6.54 Å². The van der Waals surface area contributed by atoms with E-state index in [4.69, 9.17) is 4.74 Å². The summed E-state index contributed by atoms with van der Waals surface area (Å²) in [5.74, 6) is 2.28. The topological polar surface area (TPSA) is 58.5 Å². The summed E-state index contributed by atoms with van der Waals surface area (Å²) in [6.07, 6.45) is 5.73. The van der Waals surface area contributed by atoms with Crippen LogP contribution in [0.3, 0.4) is 0 Å². The second kappa shape index (κ2) is 12.1. The molecule has 28 heavy (non-hydrogen) atoms. The Balaban J connectivity index is 0.00000280. The molecule has 1 aromatic heterocycles. The van der Waals surface area contributed by atoms with Gasteiger partial charge in [-0.15, -0.1) is 24.0 Å². The normalized spacial score (nSPS) is 16.4. The molecule has 0 radical (unpaired) electrons.